The van der Waals surface area contributed by atoms with Gasteiger partial charge >= 0.3 is 0 Å². The zero-order valence-corrected chi connectivity index (χ0v) is 18.0. The minimum atomic E-state index is 0.0280. The van der Waals surface area contributed by atoms with Gasteiger partial charge in [0.05, 0.1) is 5.02 Å². The third-order valence-corrected chi connectivity index (χ3v) is 5.58. The number of carbonyl (C=O) groups excluding carboxylic acids is 1. The molecular formula is C24H39ClO2. The lowest BCUT2D eigenvalue weighted by molar-refractivity contribution is 0.0979. The van der Waals surface area contributed by atoms with Crippen LogP contribution in [-0.2, 0) is 0 Å². The number of rotatable bonds is 17. The standard InChI is InChI=1S/C24H39ClO2/c1-2-3-4-5-6-7-8-9-10-11-12-13-14-15-16-17-23(26)21-18-19-24(27)22(25)20-21/h18-20,27H,2-17H2,1H3. The van der Waals surface area contributed by atoms with E-state index in [-0.39, 0.29) is 16.6 Å². The summed E-state index contributed by atoms with van der Waals surface area (Å²) in [5, 5.41) is 9.65. The van der Waals surface area contributed by atoms with E-state index in [0.717, 1.165) is 12.8 Å². The highest BCUT2D eigenvalue weighted by atomic mass is 35.5. The van der Waals surface area contributed by atoms with Crippen LogP contribution in [0.25, 0.3) is 0 Å². The van der Waals surface area contributed by atoms with Crippen LogP contribution < -0.4 is 0 Å². The van der Waals surface area contributed by atoms with Gasteiger partial charge in [-0.15, -0.1) is 0 Å². The number of benzene rings is 1. The highest BCUT2D eigenvalue weighted by Gasteiger charge is 2.08. The number of phenolic OH excluding ortho intramolecular Hbond substituents is 1. The highest BCUT2D eigenvalue weighted by Crippen LogP contribution is 2.24. The Morgan fingerprint density at radius 1 is 0.778 bits per heavy atom. The summed E-state index contributed by atoms with van der Waals surface area (Å²) < 4.78 is 0. The summed E-state index contributed by atoms with van der Waals surface area (Å²) in [5.41, 5.74) is 0.600. The van der Waals surface area contributed by atoms with Crippen molar-refractivity contribution in [3.8, 4) is 5.75 Å². The van der Waals surface area contributed by atoms with Gasteiger partial charge in [0.2, 0.25) is 0 Å². The molecule has 0 aliphatic carbocycles. The van der Waals surface area contributed by atoms with Crippen LogP contribution in [0, 0.1) is 0 Å². The number of carbonyl (C=O) groups is 1. The summed E-state index contributed by atoms with van der Waals surface area (Å²) in [7, 11) is 0. The van der Waals surface area contributed by atoms with Crippen molar-refractivity contribution in [3.05, 3.63) is 28.8 Å². The molecule has 1 N–H and O–H groups in total. The normalized spacial score (nSPS) is 11.0. The quantitative estimate of drug-likeness (QED) is 0.212. The predicted molar refractivity (Wildman–Crippen MR) is 117 cm³/mol. The topological polar surface area (TPSA) is 37.3 Å². The van der Waals surface area contributed by atoms with Crippen molar-refractivity contribution < 1.29 is 9.90 Å². The molecule has 0 atom stereocenters. The maximum absolute atomic E-state index is 12.1. The van der Waals surface area contributed by atoms with Gasteiger partial charge in [-0.2, -0.15) is 0 Å². The third kappa shape index (κ3) is 12.1. The van der Waals surface area contributed by atoms with Crippen molar-refractivity contribution in [2.24, 2.45) is 0 Å². The fourth-order valence-corrected chi connectivity index (χ4v) is 3.66. The van der Waals surface area contributed by atoms with Gasteiger partial charge in [-0.05, 0) is 24.6 Å². The highest BCUT2D eigenvalue weighted by molar-refractivity contribution is 6.32. The van der Waals surface area contributed by atoms with Crippen LogP contribution in [0.5, 0.6) is 5.75 Å². The van der Waals surface area contributed by atoms with Gasteiger partial charge in [-0.3, -0.25) is 4.79 Å². The molecule has 1 aromatic rings. The Morgan fingerprint density at radius 2 is 1.22 bits per heavy atom. The molecule has 0 saturated heterocycles. The number of unbranched alkanes of at least 4 members (excludes halogenated alkanes) is 14. The monoisotopic (exact) mass is 394 g/mol. The smallest absolute Gasteiger partial charge is 0.162 e. The second-order valence-electron chi connectivity index (χ2n) is 7.79. The number of ketones is 1. The summed E-state index contributed by atoms with van der Waals surface area (Å²) in [6.45, 7) is 2.27. The first kappa shape index (κ1) is 24.0. The summed E-state index contributed by atoms with van der Waals surface area (Å²) in [5.74, 6) is 0.145. The van der Waals surface area contributed by atoms with Crippen LogP contribution in [-0.4, -0.2) is 10.9 Å². The van der Waals surface area contributed by atoms with Crippen molar-refractivity contribution in [2.75, 3.05) is 0 Å². The number of hydrogen-bond donors (Lipinski definition) is 1. The molecule has 0 saturated carbocycles. The zero-order chi connectivity index (χ0) is 19.7. The molecule has 27 heavy (non-hydrogen) atoms. The molecule has 3 heteroatoms. The molecule has 1 rings (SSSR count). The molecule has 2 nitrogen and oxygen atoms in total. The maximum atomic E-state index is 12.1. The molecule has 0 heterocycles. The fraction of sp³-hybridized carbons (Fsp3) is 0.708. The summed E-state index contributed by atoms with van der Waals surface area (Å²) >= 11 is 5.85. The van der Waals surface area contributed by atoms with Gasteiger partial charge in [0.1, 0.15) is 5.75 Å². The average Bonchev–Trinajstić information content (AvgIpc) is 2.66. The Morgan fingerprint density at radius 3 is 1.67 bits per heavy atom. The fourth-order valence-electron chi connectivity index (χ4n) is 3.48. The first-order valence-corrected chi connectivity index (χ1v) is 11.5. The Kier molecular flexibility index (Phi) is 14.2. The van der Waals surface area contributed by atoms with E-state index in [1.54, 1.807) is 12.1 Å². The van der Waals surface area contributed by atoms with Gasteiger partial charge in [-0.1, -0.05) is 108 Å². The lowest BCUT2D eigenvalue weighted by Gasteiger charge is -2.04. The van der Waals surface area contributed by atoms with Crippen LogP contribution in [0.15, 0.2) is 18.2 Å². The number of phenols is 1. The summed E-state index contributed by atoms with van der Waals surface area (Å²) in [6, 6.07) is 4.70. The molecule has 0 unspecified atom stereocenters. The van der Waals surface area contributed by atoms with Gasteiger partial charge in [-0.25, -0.2) is 0 Å². The van der Waals surface area contributed by atoms with Crippen molar-refractivity contribution >= 4 is 17.4 Å². The van der Waals surface area contributed by atoms with E-state index in [2.05, 4.69) is 6.92 Å². The Labute approximate surface area is 171 Å². The molecule has 154 valence electrons. The van der Waals surface area contributed by atoms with Gasteiger partial charge in [0, 0.05) is 12.0 Å². The molecule has 0 aliphatic heterocycles. The third-order valence-electron chi connectivity index (χ3n) is 5.28. The van der Waals surface area contributed by atoms with Crippen molar-refractivity contribution in [2.45, 2.75) is 110 Å². The molecule has 0 radical (unpaired) electrons. The van der Waals surface area contributed by atoms with E-state index in [9.17, 15) is 9.90 Å². The second kappa shape index (κ2) is 16.0. The van der Waals surface area contributed by atoms with E-state index < -0.39 is 0 Å². The Bertz CT molecular complexity index is 513. The molecule has 0 aliphatic rings. The first-order valence-electron chi connectivity index (χ1n) is 11.2. The first-order chi connectivity index (χ1) is 13.1. The molecular weight excluding hydrogens is 356 g/mol. The molecule has 1 aromatic carbocycles. The average molecular weight is 395 g/mol. The molecule has 0 amide bonds. The second-order valence-corrected chi connectivity index (χ2v) is 8.20. The number of hydrogen-bond acceptors (Lipinski definition) is 2. The summed E-state index contributed by atoms with van der Waals surface area (Å²) in [6.07, 6.45) is 20.5. The van der Waals surface area contributed by atoms with E-state index in [1.807, 2.05) is 0 Å². The van der Waals surface area contributed by atoms with Gasteiger partial charge in [0.25, 0.3) is 0 Å². The zero-order valence-electron chi connectivity index (χ0n) is 17.3. The minimum Gasteiger partial charge on any atom is -0.506 e. The van der Waals surface area contributed by atoms with Crippen molar-refractivity contribution in [1.82, 2.24) is 0 Å². The largest absolute Gasteiger partial charge is 0.506 e. The lowest BCUT2D eigenvalue weighted by atomic mass is 10.0. The minimum absolute atomic E-state index is 0.0280. The van der Waals surface area contributed by atoms with E-state index in [1.165, 1.54) is 89.5 Å². The maximum Gasteiger partial charge on any atom is 0.162 e. The van der Waals surface area contributed by atoms with Gasteiger partial charge in [0.15, 0.2) is 5.78 Å². The molecule has 0 spiro atoms. The van der Waals surface area contributed by atoms with Crippen LogP contribution in [0.4, 0.5) is 0 Å². The lowest BCUT2D eigenvalue weighted by Crippen LogP contribution is -1.98. The van der Waals surface area contributed by atoms with E-state index >= 15 is 0 Å². The number of Topliss-reactive ketones (excluding diaryl/α,β-unsaturated/α-hetero) is 1. The van der Waals surface area contributed by atoms with Crippen LogP contribution in [0.2, 0.25) is 5.02 Å². The van der Waals surface area contributed by atoms with E-state index in [4.69, 9.17) is 11.6 Å². The van der Waals surface area contributed by atoms with Crippen molar-refractivity contribution in [1.29, 1.82) is 0 Å². The Hall–Kier alpha value is -1.02. The van der Waals surface area contributed by atoms with E-state index in [0.29, 0.717) is 12.0 Å². The van der Waals surface area contributed by atoms with Gasteiger partial charge < -0.3 is 5.11 Å². The number of aromatic hydroxyl groups is 1. The number of halogens is 1. The predicted octanol–water partition coefficient (Wildman–Crippen LogP) is 8.49. The SMILES string of the molecule is CCCCCCCCCCCCCCCCCC(=O)c1ccc(O)c(Cl)c1. The van der Waals surface area contributed by atoms with Crippen LogP contribution in [0.3, 0.4) is 0 Å². The molecule has 0 aromatic heterocycles. The van der Waals surface area contributed by atoms with Crippen LogP contribution >= 0.6 is 11.6 Å². The van der Waals surface area contributed by atoms with Crippen LogP contribution in [0.1, 0.15) is 120 Å². The van der Waals surface area contributed by atoms with Crippen molar-refractivity contribution in [3.63, 3.8) is 0 Å². The summed E-state index contributed by atoms with van der Waals surface area (Å²) in [4.78, 5) is 12.1. The molecule has 0 fully saturated rings. The Balaban J connectivity index is 1.87. The molecule has 0 bridgehead atoms.